The van der Waals surface area contributed by atoms with Gasteiger partial charge in [-0.05, 0) is 42.8 Å². The van der Waals surface area contributed by atoms with Gasteiger partial charge in [-0.25, -0.2) is 0 Å². The van der Waals surface area contributed by atoms with Crippen LogP contribution in [0.5, 0.6) is 5.75 Å². The number of rotatable bonds is 3. The zero-order valence-electron chi connectivity index (χ0n) is 11.0. The Morgan fingerprint density at radius 2 is 1.90 bits per heavy atom. The summed E-state index contributed by atoms with van der Waals surface area (Å²) >= 11 is 11.9. The standard InChI is InChI=1S/C15H13Cl2NO2/c1-9-3-5-11(8-13(9)17)18-15(19)12-7-10(16)4-6-14(12)20-2/h3-8H,1-2H3,(H,18,19). The Morgan fingerprint density at radius 1 is 1.15 bits per heavy atom. The van der Waals surface area contributed by atoms with Crippen molar-refractivity contribution in [2.75, 3.05) is 12.4 Å². The summed E-state index contributed by atoms with van der Waals surface area (Å²) in [5.41, 5.74) is 1.94. The minimum absolute atomic E-state index is 0.302. The molecule has 0 spiro atoms. The summed E-state index contributed by atoms with van der Waals surface area (Å²) in [6.07, 6.45) is 0. The molecule has 0 atom stereocenters. The summed E-state index contributed by atoms with van der Waals surface area (Å²) in [4.78, 5) is 12.2. The van der Waals surface area contributed by atoms with Crippen LogP contribution in [0.3, 0.4) is 0 Å². The SMILES string of the molecule is COc1ccc(Cl)cc1C(=O)Nc1ccc(C)c(Cl)c1. The fourth-order valence-electron chi connectivity index (χ4n) is 1.73. The molecule has 1 N–H and O–H groups in total. The second-order valence-corrected chi connectivity index (χ2v) is 5.11. The molecule has 104 valence electrons. The summed E-state index contributed by atoms with van der Waals surface area (Å²) in [6.45, 7) is 1.90. The van der Waals surface area contributed by atoms with Gasteiger partial charge in [0.25, 0.3) is 5.91 Å². The van der Waals surface area contributed by atoms with Crippen LogP contribution in [0.4, 0.5) is 5.69 Å². The molecule has 0 bridgehead atoms. The van der Waals surface area contributed by atoms with Crippen LogP contribution in [0.25, 0.3) is 0 Å². The minimum atomic E-state index is -0.302. The van der Waals surface area contributed by atoms with E-state index in [1.54, 1.807) is 30.3 Å². The number of anilines is 1. The lowest BCUT2D eigenvalue weighted by atomic mass is 10.1. The number of carbonyl (C=O) groups excluding carboxylic acids is 1. The van der Waals surface area contributed by atoms with Gasteiger partial charge in [-0.1, -0.05) is 29.3 Å². The van der Waals surface area contributed by atoms with Crippen molar-refractivity contribution in [3.8, 4) is 5.75 Å². The quantitative estimate of drug-likeness (QED) is 0.902. The predicted octanol–water partition coefficient (Wildman–Crippen LogP) is 4.56. The fourth-order valence-corrected chi connectivity index (χ4v) is 2.08. The molecule has 0 fully saturated rings. The summed E-state index contributed by atoms with van der Waals surface area (Å²) in [7, 11) is 1.50. The number of aryl methyl sites for hydroxylation is 1. The molecule has 5 heteroatoms. The average Bonchev–Trinajstić information content (AvgIpc) is 2.43. The van der Waals surface area contributed by atoms with Crippen LogP contribution in [0.15, 0.2) is 36.4 Å². The Hall–Kier alpha value is -1.71. The molecule has 3 nitrogen and oxygen atoms in total. The summed E-state index contributed by atoms with van der Waals surface area (Å²) in [5.74, 6) is 0.161. The van der Waals surface area contributed by atoms with Crippen molar-refractivity contribution in [2.45, 2.75) is 6.92 Å². The highest BCUT2D eigenvalue weighted by atomic mass is 35.5. The second-order valence-electron chi connectivity index (χ2n) is 4.26. The maximum Gasteiger partial charge on any atom is 0.259 e. The molecule has 0 aliphatic carbocycles. The molecule has 0 heterocycles. The third-order valence-electron chi connectivity index (χ3n) is 2.84. The first-order valence-electron chi connectivity index (χ1n) is 5.92. The zero-order valence-corrected chi connectivity index (χ0v) is 12.5. The number of methoxy groups -OCH3 is 1. The Kier molecular flexibility index (Phi) is 4.53. The van der Waals surface area contributed by atoms with Gasteiger partial charge in [0.15, 0.2) is 0 Å². The third kappa shape index (κ3) is 3.24. The lowest BCUT2D eigenvalue weighted by Gasteiger charge is -2.10. The van der Waals surface area contributed by atoms with E-state index in [0.717, 1.165) is 5.56 Å². The lowest BCUT2D eigenvalue weighted by molar-refractivity contribution is 0.102. The summed E-state index contributed by atoms with van der Waals surface area (Å²) in [6, 6.07) is 10.2. The van der Waals surface area contributed by atoms with Crippen LogP contribution in [0.2, 0.25) is 10.0 Å². The number of amides is 1. The number of ether oxygens (including phenoxy) is 1. The number of benzene rings is 2. The number of nitrogens with one attached hydrogen (secondary N) is 1. The maximum absolute atomic E-state index is 12.2. The molecule has 0 saturated heterocycles. The van der Waals surface area contributed by atoms with Crippen LogP contribution < -0.4 is 10.1 Å². The van der Waals surface area contributed by atoms with Crippen LogP contribution in [-0.2, 0) is 0 Å². The van der Waals surface area contributed by atoms with E-state index in [1.807, 2.05) is 13.0 Å². The molecule has 0 saturated carbocycles. The van der Waals surface area contributed by atoms with Crippen LogP contribution in [0, 0.1) is 6.92 Å². The largest absolute Gasteiger partial charge is 0.496 e. The Balaban J connectivity index is 2.27. The Bertz CT molecular complexity index is 656. The topological polar surface area (TPSA) is 38.3 Å². The number of hydrogen-bond donors (Lipinski definition) is 1. The van der Waals surface area contributed by atoms with Gasteiger partial charge in [0.1, 0.15) is 5.75 Å². The number of halogens is 2. The molecule has 1 amide bonds. The molecule has 0 aliphatic rings. The van der Waals surface area contributed by atoms with Gasteiger partial charge in [-0.3, -0.25) is 4.79 Å². The van der Waals surface area contributed by atoms with E-state index in [9.17, 15) is 4.79 Å². The predicted molar refractivity (Wildman–Crippen MR) is 82.1 cm³/mol. The molecule has 0 aromatic heterocycles. The van der Waals surface area contributed by atoms with Crippen molar-refractivity contribution in [1.29, 1.82) is 0 Å². The summed E-state index contributed by atoms with van der Waals surface area (Å²) < 4.78 is 5.16. The van der Waals surface area contributed by atoms with Gasteiger partial charge in [0, 0.05) is 15.7 Å². The van der Waals surface area contributed by atoms with Gasteiger partial charge < -0.3 is 10.1 Å². The monoisotopic (exact) mass is 309 g/mol. The number of carbonyl (C=O) groups is 1. The van der Waals surface area contributed by atoms with Crippen LogP contribution in [0.1, 0.15) is 15.9 Å². The van der Waals surface area contributed by atoms with E-state index in [-0.39, 0.29) is 5.91 Å². The van der Waals surface area contributed by atoms with E-state index in [0.29, 0.717) is 27.0 Å². The first kappa shape index (κ1) is 14.7. The van der Waals surface area contributed by atoms with Crippen molar-refractivity contribution in [3.05, 3.63) is 57.6 Å². The van der Waals surface area contributed by atoms with Gasteiger partial charge in [-0.2, -0.15) is 0 Å². The first-order valence-corrected chi connectivity index (χ1v) is 6.68. The van der Waals surface area contributed by atoms with Crippen molar-refractivity contribution < 1.29 is 9.53 Å². The second kappa shape index (κ2) is 6.16. The lowest BCUT2D eigenvalue weighted by Crippen LogP contribution is -2.13. The normalized spacial score (nSPS) is 10.2. The third-order valence-corrected chi connectivity index (χ3v) is 3.48. The Morgan fingerprint density at radius 3 is 2.55 bits per heavy atom. The van der Waals surface area contributed by atoms with Crippen molar-refractivity contribution in [3.63, 3.8) is 0 Å². The molecular formula is C15H13Cl2NO2. The summed E-state index contributed by atoms with van der Waals surface area (Å²) in [5, 5.41) is 3.83. The molecule has 0 radical (unpaired) electrons. The van der Waals surface area contributed by atoms with Gasteiger partial charge in [-0.15, -0.1) is 0 Å². The molecule has 0 unspecified atom stereocenters. The molecule has 0 aliphatic heterocycles. The van der Waals surface area contributed by atoms with Crippen molar-refractivity contribution in [2.24, 2.45) is 0 Å². The smallest absolute Gasteiger partial charge is 0.259 e. The zero-order chi connectivity index (χ0) is 14.7. The highest BCUT2D eigenvalue weighted by Gasteiger charge is 2.13. The van der Waals surface area contributed by atoms with Gasteiger partial charge >= 0.3 is 0 Å². The van der Waals surface area contributed by atoms with E-state index in [2.05, 4.69) is 5.32 Å². The fraction of sp³-hybridized carbons (Fsp3) is 0.133. The van der Waals surface area contributed by atoms with Crippen molar-refractivity contribution in [1.82, 2.24) is 0 Å². The highest BCUT2D eigenvalue weighted by molar-refractivity contribution is 6.32. The number of hydrogen-bond acceptors (Lipinski definition) is 2. The molecule has 2 aromatic carbocycles. The maximum atomic E-state index is 12.2. The molecule has 2 aromatic rings. The van der Waals surface area contributed by atoms with Crippen LogP contribution >= 0.6 is 23.2 Å². The first-order chi connectivity index (χ1) is 9.51. The van der Waals surface area contributed by atoms with Crippen molar-refractivity contribution >= 4 is 34.8 Å². The van der Waals surface area contributed by atoms with E-state index in [4.69, 9.17) is 27.9 Å². The van der Waals surface area contributed by atoms with E-state index in [1.165, 1.54) is 7.11 Å². The average molecular weight is 310 g/mol. The molecular weight excluding hydrogens is 297 g/mol. The van der Waals surface area contributed by atoms with Gasteiger partial charge in [0.2, 0.25) is 0 Å². The van der Waals surface area contributed by atoms with Gasteiger partial charge in [0.05, 0.1) is 12.7 Å². The highest BCUT2D eigenvalue weighted by Crippen LogP contribution is 2.25. The van der Waals surface area contributed by atoms with Crippen LogP contribution in [-0.4, -0.2) is 13.0 Å². The molecule has 2 rings (SSSR count). The van der Waals surface area contributed by atoms with E-state index >= 15 is 0 Å². The minimum Gasteiger partial charge on any atom is -0.496 e. The van der Waals surface area contributed by atoms with E-state index < -0.39 is 0 Å². The molecule has 20 heavy (non-hydrogen) atoms. The Labute approximate surface area is 127 Å².